The van der Waals surface area contributed by atoms with Crippen molar-refractivity contribution in [2.45, 2.75) is 38.5 Å². The number of phenols is 1. The summed E-state index contributed by atoms with van der Waals surface area (Å²) in [5, 5.41) is 9.86. The Morgan fingerprint density at radius 1 is 1.29 bits per heavy atom. The van der Waals surface area contributed by atoms with Crippen molar-refractivity contribution >= 4 is 5.91 Å². The third kappa shape index (κ3) is 2.99. The van der Waals surface area contributed by atoms with Gasteiger partial charge in [-0.3, -0.25) is 4.79 Å². The normalized spacial score (nSPS) is 16.9. The molecule has 1 aliphatic rings. The van der Waals surface area contributed by atoms with Crippen LogP contribution >= 0.6 is 0 Å². The van der Waals surface area contributed by atoms with E-state index in [1.807, 2.05) is 6.07 Å². The summed E-state index contributed by atoms with van der Waals surface area (Å²) in [5.41, 5.74) is 6.47. The number of hydrogen-bond donors (Lipinski definition) is 2. The molecule has 0 unspecified atom stereocenters. The van der Waals surface area contributed by atoms with Crippen LogP contribution in [0.5, 0.6) is 5.75 Å². The largest absolute Gasteiger partial charge is 0.508 e. The quantitative estimate of drug-likeness (QED) is 0.843. The number of benzene rings is 1. The molecular formula is C14H19NO2. The highest BCUT2D eigenvalue weighted by Gasteiger charge is 2.16. The van der Waals surface area contributed by atoms with E-state index in [4.69, 9.17) is 5.73 Å². The Bertz CT molecular complexity index is 409. The first-order valence-corrected chi connectivity index (χ1v) is 6.28. The predicted molar refractivity (Wildman–Crippen MR) is 66.9 cm³/mol. The lowest BCUT2D eigenvalue weighted by Crippen LogP contribution is -2.12. The molecule has 1 saturated carbocycles. The summed E-state index contributed by atoms with van der Waals surface area (Å²) < 4.78 is 0. The second-order valence-corrected chi connectivity index (χ2v) is 4.92. The SMILES string of the molecule is NC(=O)c1ccc(CC2CCCCC2)c(O)c1. The van der Waals surface area contributed by atoms with Gasteiger partial charge in [0.15, 0.2) is 0 Å². The fourth-order valence-electron chi connectivity index (χ4n) is 2.59. The summed E-state index contributed by atoms with van der Waals surface area (Å²) in [6.45, 7) is 0. The van der Waals surface area contributed by atoms with Crippen LogP contribution in [0.4, 0.5) is 0 Å². The lowest BCUT2D eigenvalue weighted by atomic mass is 9.84. The Hall–Kier alpha value is -1.51. The molecule has 1 aromatic carbocycles. The maximum Gasteiger partial charge on any atom is 0.248 e. The minimum absolute atomic E-state index is 0.201. The Labute approximate surface area is 102 Å². The van der Waals surface area contributed by atoms with Gasteiger partial charge >= 0.3 is 0 Å². The molecule has 3 N–H and O–H groups in total. The van der Waals surface area contributed by atoms with Crippen LogP contribution in [0.2, 0.25) is 0 Å². The van der Waals surface area contributed by atoms with Crippen molar-refractivity contribution < 1.29 is 9.90 Å². The molecule has 1 aliphatic carbocycles. The summed E-state index contributed by atoms with van der Waals surface area (Å²) in [6, 6.07) is 4.99. The van der Waals surface area contributed by atoms with Crippen molar-refractivity contribution in [2.24, 2.45) is 11.7 Å². The molecule has 1 amide bonds. The number of carbonyl (C=O) groups is 1. The van der Waals surface area contributed by atoms with Crippen LogP contribution in [-0.2, 0) is 6.42 Å². The van der Waals surface area contributed by atoms with Gasteiger partial charge in [-0.15, -0.1) is 0 Å². The highest BCUT2D eigenvalue weighted by molar-refractivity contribution is 5.93. The van der Waals surface area contributed by atoms with Gasteiger partial charge in [0.1, 0.15) is 5.75 Å². The smallest absolute Gasteiger partial charge is 0.248 e. The highest BCUT2D eigenvalue weighted by Crippen LogP contribution is 2.30. The van der Waals surface area contributed by atoms with E-state index >= 15 is 0 Å². The van der Waals surface area contributed by atoms with Crippen LogP contribution in [0.25, 0.3) is 0 Å². The van der Waals surface area contributed by atoms with Gasteiger partial charge in [-0.25, -0.2) is 0 Å². The van der Waals surface area contributed by atoms with E-state index < -0.39 is 5.91 Å². The van der Waals surface area contributed by atoms with Crippen molar-refractivity contribution in [1.29, 1.82) is 0 Å². The van der Waals surface area contributed by atoms with Gasteiger partial charge in [-0.2, -0.15) is 0 Å². The van der Waals surface area contributed by atoms with Gasteiger partial charge < -0.3 is 10.8 Å². The van der Waals surface area contributed by atoms with Crippen LogP contribution < -0.4 is 5.73 Å². The molecule has 0 saturated heterocycles. The first kappa shape index (κ1) is 12.0. The molecule has 2 rings (SSSR count). The first-order chi connectivity index (χ1) is 8.16. The zero-order chi connectivity index (χ0) is 12.3. The fourth-order valence-corrected chi connectivity index (χ4v) is 2.59. The summed E-state index contributed by atoms with van der Waals surface area (Å²) >= 11 is 0. The van der Waals surface area contributed by atoms with Crippen molar-refractivity contribution in [3.05, 3.63) is 29.3 Å². The van der Waals surface area contributed by atoms with Gasteiger partial charge in [-0.1, -0.05) is 38.2 Å². The molecule has 0 radical (unpaired) electrons. The lowest BCUT2D eigenvalue weighted by molar-refractivity contribution is 0.1000. The van der Waals surface area contributed by atoms with Crippen molar-refractivity contribution in [3.8, 4) is 5.75 Å². The summed E-state index contributed by atoms with van der Waals surface area (Å²) in [5.74, 6) is 0.380. The van der Waals surface area contributed by atoms with Crippen LogP contribution in [0.1, 0.15) is 48.0 Å². The molecule has 17 heavy (non-hydrogen) atoms. The molecular weight excluding hydrogens is 214 g/mol. The second kappa shape index (κ2) is 5.21. The molecule has 3 nitrogen and oxygen atoms in total. The van der Waals surface area contributed by atoms with Crippen LogP contribution in [0.3, 0.4) is 0 Å². The topological polar surface area (TPSA) is 63.3 Å². The number of phenolic OH excluding ortho intramolecular Hbond substituents is 1. The zero-order valence-corrected chi connectivity index (χ0v) is 9.98. The second-order valence-electron chi connectivity index (χ2n) is 4.92. The number of carbonyl (C=O) groups excluding carboxylic acids is 1. The Morgan fingerprint density at radius 2 is 2.00 bits per heavy atom. The summed E-state index contributed by atoms with van der Waals surface area (Å²) in [4.78, 5) is 11.0. The van der Waals surface area contributed by atoms with Crippen molar-refractivity contribution in [2.75, 3.05) is 0 Å². The number of amides is 1. The van der Waals surface area contributed by atoms with Gasteiger partial charge in [-0.05, 0) is 30.0 Å². The molecule has 0 spiro atoms. The van der Waals surface area contributed by atoms with Crippen LogP contribution in [0.15, 0.2) is 18.2 Å². The van der Waals surface area contributed by atoms with Gasteiger partial charge in [0.2, 0.25) is 5.91 Å². The van der Waals surface area contributed by atoms with E-state index in [1.54, 1.807) is 6.07 Å². The average molecular weight is 233 g/mol. The molecule has 3 heteroatoms. The summed E-state index contributed by atoms with van der Waals surface area (Å²) in [6.07, 6.45) is 7.33. The number of nitrogens with two attached hydrogens (primary N) is 1. The highest BCUT2D eigenvalue weighted by atomic mass is 16.3. The molecule has 0 bridgehead atoms. The third-order valence-corrected chi connectivity index (χ3v) is 3.60. The van der Waals surface area contributed by atoms with Gasteiger partial charge in [0.05, 0.1) is 0 Å². The van der Waals surface area contributed by atoms with Crippen LogP contribution in [0, 0.1) is 5.92 Å². The maximum atomic E-state index is 11.0. The van der Waals surface area contributed by atoms with Crippen LogP contribution in [-0.4, -0.2) is 11.0 Å². The van der Waals surface area contributed by atoms with E-state index in [9.17, 15) is 9.90 Å². The molecule has 1 fully saturated rings. The number of aromatic hydroxyl groups is 1. The van der Waals surface area contributed by atoms with E-state index in [0.29, 0.717) is 11.5 Å². The van der Waals surface area contributed by atoms with Crippen molar-refractivity contribution in [1.82, 2.24) is 0 Å². The van der Waals surface area contributed by atoms with Gasteiger partial charge in [0.25, 0.3) is 0 Å². The third-order valence-electron chi connectivity index (χ3n) is 3.60. The summed E-state index contributed by atoms with van der Waals surface area (Å²) in [7, 11) is 0. The van der Waals surface area contributed by atoms with E-state index in [2.05, 4.69) is 0 Å². The number of rotatable bonds is 3. The monoisotopic (exact) mass is 233 g/mol. The molecule has 0 aliphatic heterocycles. The predicted octanol–water partition coefficient (Wildman–Crippen LogP) is 2.61. The number of primary amides is 1. The Kier molecular flexibility index (Phi) is 3.67. The molecule has 0 aromatic heterocycles. The minimum atomic E-state index is -0.496. The number of hydrogen-bond acceptors (Lipinski definition) is 2. The van der Waals surface area contributed by atoms with Crippen molar-refractivity contribution in [3.63, 3.8) is 0 Å². The Morgan fingerprint density at radius 3 is 2.59 bits per heavy atom. The minimum Gasteiger partial charge on any atom is -0.508 e. The molecule has 1 aromatic rings. The fraction of sp³-hybridized carbons (Fsp3) is 0.500. The van der Waals surface area contributed by atoms with Gasteiger partial charge in [0, 0.05) is 5.56 Å². The lowest BCUT2D eigenvalue weighted by Gasteiger charge is -2.21. The maximum absolute atomic E-state index is 11.0. The Balaban J connectivity index is 2.08. The standard InChI is InChI=1S/C14H19NO2/c15-14(17)12-7-6-11(13(16)9-12)8-10-4-2-1-3-5-10/h6-7,9-10,16H,1-5,8H2,(H2,15,17). The first-order valence-electron chi connectivity index (χ1n) is 6.28. The zero-order valence-electron chi connectivity index (χ0n) is 9.98. The van der Waals surface area contributed by atoms with E-state index in [1.165, 1.54) is 38.2 Å². The van der Waals surface area contributed by atoms with E-state index in [0.717, 1.165) is 12.0 Å². The molecule has 92 valence electrons. The molecule has 0 heterocycles. The average Bonchev–Trinajstić information content (AvgIpc) is 2.33. The van der Waals surface area contributed by atoms with E-state index in [-0.39, 0.29) is 5.75 Å². The molecule has 0 atom stereocenters.